The average Bonchev–Trinajstić information content (AvgIpc) is 3.00. The van der Waals surface area contributed by atoms with Gasteiger partial charge in [-0.3, -0.25) is 9.48 Å². The van der Waals surface area contributed by atoms with Crippen molar-refractivity contribution in [2.45, 2.75) is 19.2 Å². The van der Waals surface area contributed by atoms with E-state index in [2.05, 4.69) is 5.10 Å². The lowest BCUT2D eigenvalue weighted by atomic mass is 10.1. The molecule has 0 unspecified atom stereocenters. The molecule has 0 radical (unpaired) electrons. The highest BCUT2D eigenvalue weighted by atomic mass is 19.4. The van der Waals surface area contributed by atoms with Crippen molar-refractivity contribution in [1.82, 2.24) is 9.78 Å². The third kappa shape index (κ3) is 4.70. The molecule has 2 aromatic carbocycles. The molecule has 0 aliphatic carbocycles. The molecule has 0 fully saturated rings. The van der Waals surface area contributed by atoms with Crippen LogP contribution in [0, 0.1) is 0 Å². The number of hydrogen-bond acceptors (Lipinski definition) is 3. The number of aromatic nitrogens is 2. The molecular weight excluding hydrogens is 373 g/mol. The number of carboxylic acid groups (broad SMARTS) is 1. The number of alkyl halides is 3. The van der Waals surface area contributed by atoms with Crippen LogP contribution in [0.3, 0.4) is 0 Å². The van der Waals surface area contributed by atoms with Gasteiger partial charge in [-0.05, 0) is 35.9 Å². The van der Waals surface area contributed by atoms with Crippen LogP contribution in [0.25, 0.3) is 11.3 Å². The van der Waals surface area contributed by atoms with Crippen molar-refractivity contribution in [3.05, 3.63) is 71.4 Å². The summed E-state index contributed by atoms with van der Waals surface area (Å²) in [4.78, 5) is 10.8. The predicted molar refractivity (Wildman–Crippen MR) is 95.8 cm³/mol. The largest absolute Gasteiger partial charge is 0.487 e. The number of nitrogens with zero attached hydrogens (tertiary/aromatic N) is 2. The van der Waals surface area contributed by atoms with Crippen LogP contribution in [0.2, 0.25) is 0 Å². The van der Waals surface area contributed by atoms with Gasteiger partial charge in [-0.25, -0.2) is 0 Å². The molecule has 1 aromatic heterocycles. The first-order valence-electron chi connectivity index (χ1n) is 8.36. The fourth-order valence-corrected chi connectivity index (χ4v) is 2.69. The Bertz CT molecular complexity index is 979. The Hall–Kier alpha value is -3.29. The summed E-state index contributed by atoms with van der Waals surface area (Å²) >= 11 is 0. The lowest BCUT2D eigenvalue weighted by molar-refractivity contribution is -0.138. The van der Waals surface area contributed by atoms with E-state index in [1.54, 1.807) is 42.1 Å². The Morgan fingerprint density at radius 2 is 1.86 bits per heavy atom. The zero-order chi connectivity index (χ0) is 20.3. The molecule has 8 heteroatoms. The van der Waals surface area contributed by atoms with E-state index in [1.807, 2.05) is 0 Å². The number of benzene rings is 2. The third-order valence-corrected chi connectivity index (χ3v) is 4.13. The van der Waals surface area contributed by atoms with Gasteiger partial charge in [0.1, 0.15) is 12.4 Å². The van der Waals surface area contributed by atoms with E-state index in [1.165, 1.54) is 12.1 Å². The van der Waals surface area contributed by atoms with Gasteiger partial charge in [-0.1, -0.05) is 24.3 Å². The van der Waals surface area contributed by atoms with Crippen LogP contribution in [0.4, 0.5) is 13.2 Å². The second-order valence-electron chi connectivity index (χ2n) is 6.23. The number of carboxylic acids is 1. The molecule has 0 amide bonds. The Balaban J connectivity index is 1.72. The van der Waals surface area contributed by atoms with Crippen molar-refractivity contribution in [2.75, 3.05) is 0 Å². The minimum atomic E-state index is -4.38. The maximum Gasteiger partial charge on any atom is 0.416 e. The first-order valence-corrected chi connectivity index (χ1v) is 8.36. The molecule has 0 saturated heterocycles. The normalized spacial score (nSPS) is 11.4. The summed E-state index contributed by atoms with van der Waals surface area (Å²) in [5.74, 6) is -0.402. The molecule has 5 nitrogen and oxygen atoms in total. The predicted octanol–water partition coefficient (Wildman–Crippen LogP) is 4.31. The quantitative estimate of drug-likeness (QED) is 0.681. The Morgan fingerprint density at radius 3 is 2.50 bits per heavy atom. The van der Waals surface area contributed by atoms with Crippen molar-refractivity contribution in [1.29, 1.82) is 0 Å². The SMILES string of the molecule is Cn1nc(-c2ccc(C(F)(F)F)cc2)cc1COc1cccc(CC(=O)O)c1. The zero-order valence-corrected chi connectivity index (χ0v) is 14.9. The summed E-state index contributed by atoms with van der Waals surface area (Å²) in [6, 6.07) is 13.3. The van der Waals surface area contributed by atoms with Gasteiger partial charge in [0.05, 0.1) is 23.4 Å². The van der Waals surface area contributed by atoms with Gasteiger partial charge in [0.25, 0.3) is 0 Å². The molecular formula is C20H17F3N2O3. The van der Waals surface area contributed by atoms with Gasteiger partial charge in [-0.2, -0.15) is 18.3 Å². The fourth-order valence-electron chi connectivity index (χ4n) is 2.69. The standard InChI is InChI=1S/C20H17F3N2O3/c1-25-16(12-28-17-4-2-3-13(9-17)10-19(26)27)11-18(24-25)14-5-7-15(8-6-14)20(21,22)23/h2-9,11H,10,12H2,1H3,(H,26,27). The van der Waals surface area contributed by atoms with E-state index in [4.69, 9.17) is 9.84 Å². The molecule has 3 aromatic rings. The fraction of sp³-hybridized carbons (Fsp3) is 0.200. The van der Waals surface area contributed by atoms with Crippen molar-refractivity contribution in [3.8, 4) is 17.0 Å². The second kappa shape index (κ2) is 7.75. The van der Waals surface area contributed by atoms with Gasteiger partial charge in [0.2, 0.25) is 0 Å². The van der Waals surface area contributed by atoms with Crippen molar-refractivity contribution in [3.63, 3.8) is 0 Å². The number of aryl methyl sites for hydroxylation is 1. The number of aliphatic carboxylic acids is 1. The van der Waals surface area contributed by atoms with Gasteiger partial charge in [0.15, 0.2) is 0 Å². The van der Waals surface area contributed by atoms with Crippen LogP contribution in [-0.2, 0) is 31.0 Å². The molecule has 0 aliphatic heterocycles. The molecule has 1 N–H and O–H groups in total. The smallest absolute Gasteiger partial charge is 0.416 e. The third-order valence-electron chi connectivity index (χ3n) is 4.13. The molecule has 1 heterocycles. The number of halogens is 3. The Kier molecular flexibility index (Phi) is 5.39. The highest BCUT2D eigenvalue weighted by Gasteiger charge is 2.30. The lowest BCUT2D eigenvalue weighted by Gasteiger charge is -2.07. The number of ether oxygens (including phenoxy) is 1. The molecule has 0 atom stereocenters. The van der Waals surface area contributed by atoms with Crippen molar-refractivity contribution < 1.29 is 27.8 Å². The number of carbonyl (C=O) groups is 1. The molecule has 28 heavy (non-hydrogen) atoms. The van der Waals surface area contributed by atoms with Crippen molar-refractivity contribution >= 4 is 5.97 Å². The highest BCUT2D eigenvalue weighted by Crippen LogP contribution is 2.31. The van der Waals surface area contributed by atoms with Crippen LogP contribution in [0.5, 0.6) is 5.75 Å². The van der Waals surface area contributed by atoms with Crippen LogP contribution < -0.4 is 4.74 Å². The second-order valence-corrected chi connectivity index (χ2v) is 6.23. The molecule has 0 spiro atoms. The topological polar surface area (TPSA) is 64.4 Å². The molecule has 3 rings (SSSR count). The monoisotopic (exact) mass is 390 g/mol. The lowest BCUT2D eigenvalue weighted by Crippen LogP contribution is -2.04. The Morgan fingerprint density at radius 1 is 1.14 bits per heavy atom. The van der Waals surface area contributed by atoms with E-state index in [0.29, 0.717) is 22.6 Å². The van der Waals surface area contributed by atoms with E-state index in [9.17, 15) is 18.0 Å². The zero-order valence-electron chi connectivity index (χ0n) is 14.9. The van der Waals surface area contributed by atoms with E-state index in [-0.39, 0.29) is 13.0 Å². The summed E-state index contributed by atoms with van der Waals surface area (Å²) in [6.07, 6.45) is -4.47. The minimum absolute atomic E-state index is 0.0963. The summed E-state index contributed by atoms with van der Waals surface area (Å²) in [5.41, 5.74) is 1.74. The van der Waals surface area contributed by atoms with Crippen molar-refractivity contribution in [2.24, 2.45) is 7.05 Å². The van der Waals surface area contributed by atoms with E-state index < -0.39 is 17.7 Å². The molecule has 0 bridgehead atoms. The minimum Gasteiger partial charge on any atom is -0.487 e. The Labute approximate surface area is 159 Å². The average molecular weight is 390 g/mol. The van der Waals surface area contributed by atoms with Gasteiger partial charge >= 0.3 is 12.1 Å². The maximum atomic E-state index is 12.7. The molecule has 146 valence electrons. The van der Waals surface area contributed by atoms with E-state index >= 15 is 0 Å². The summed E-state index contributed by atoms with van der Waals surface area (Å²) in [5, 5.41) is 13.2. The van der Waals surface area contributed by atoms with Crippen LogP contribution >= 0.6 is 0 Å². The summed E-state index contributed by atoms with van der Waals surface area (Å²) in [6.45, 7) is 0.181. The van der Waals surface area contributed by atoms with Gasteiger partial charge in [-0.15, -0.1) is 0 Å². The molecule has 0 saturated carbocycles. The van der Waals surface area contributed by atoms with Crippen LogP contribution in [0.15, 0.2) is 54.6 Å². The summed E-state index contributed by atoms with van der Waals surface area (Å²) < 4.78 is 45.3. The maximum absolute atomic E-state index is 12.7. The summed E-state index contributed by atoms with van der Waals surface area (Å²) in [7, 11) is 1.72. The van der Waals surface area contributed by atoms with Crippen LogP contribution in [-0.4, -0.2) is 20.9 Å². The molecule has 0 aliphatic rings. The van der Waals surface area contributed by atoms with Gasteiger partial charge in [0, 0.05) is 12.6 Å². The first kappa shape index (κ1) is 19.5. The van der Waals surface area contributed by atoms with Gasteiger partial charge < -0.3 is 9.84 Å². The van der Waals surface area contributed by atoms with Crippen LogP contribution in [0.1, 0.15) is 16.8 Å². The van der Waals surface area contributed by atoms with E-state index in [0.717, 1.165) is 17.8 Å². The number of rotatable bonds is 6. The number of hydrogen-bond donors (Lipinski definition) is 1. The first-order chi connectivity index (χ1) is 13.2. The highest BCUT2D eigenvalue weighted by molar-refractivity contribution is 5.70.